The van der Waals surface area contributed by atoms with Crippen molar-refractivity contribution < 1.29 is 53.1 Å². The molecular formula is C26H40N2O11. The molecule has 0 aromatic carbocycles. The van der Waals surface area contributed by atoms with Crippen molar-refractivity contribution >= 4 is 30.1 Å². The molecule has 13 nitrogen and oxygen atoms in total. The summed E-state index contributed by atoms with van der Waals surface area (Å²) >= 11 is 0. The van der Waals surface area contributed by atoms with Gasteiger partial charge in [-0.05, 0) is 80.1 Å². The minimum absolute atomic E-state index is 0.367. The number of alkyl carbamates (subject to hydrolysis) is 2. The number of cyclic esters (lactones) is 2. The molecule has 0 radical (unpaired) electrons. The van der Waals surface area contributed by atoms with Gasteiger partial charge in [0, 0.05) is 13.8 Å². The summed E-state index contributed by atoms with van der Waals surface area (Å²) in [5.74, 6) is -4.90. The molecule has 2 aliphatic carbocycles. The van der Waals surface area contributed by atoms with E-state index < -0.39 is 69.5 Å². The lowest BCUT2D eigenvalue weighted by Crippen LogP contribution is -2.59. The van der Waals surface area contributed by atoms with Gasteiger partial charge in [-0.3, -0.25) is 0 Å². The average Bonchev–Trinajstić information content (AvgIpc) is 2.63. The van der Waals surface area contributed by atoms with Gasteiger partial charge in [-0.1, -0.05) is 0 Å². The highest BCUT2D eigenvalue weighted by Gasteiger charge is 2.50. The Labute approximate surface area is 227 Å². The van der Waals surface area contributed by atoms with E-state index in [1.165, 1.54) is 13.8 Å². The molecule has 2 amide bonds. The summed E-state index contributed by atoms with van der Waals surface area (Å²) in [5.41, 5.74) is -4.23. The Kier molecular flexibility index (Phi) is 8.89. The third kappa shape index (κ3) is 8.24. The van der Waals surface area contributed by atoms with Crippen LogP contribution in [0.4, 0.5) is 9.59 Å². The van der Waals surface area contributed by atoms with Gasteiger partial charge in [0.15, 0.2) is 5.57 Å². The van der Waals surface area contributed by atoms with Gasteiger partial charge < -0.3 is 39.8 Å². The second-order valence-corrected chi connectivity index (χ2v) is 12.3. The molecule has 0 aromatic rings. The topological polar surface area (TPSA) is 187 Å². The van der Waals surface area contributed by atoms with Crippen LogP contribution in [0.2, 0.25) is 0 Å². The molecule has 0 aromatic heterocycles. The number of aliphatic hydroxyl groups is 1. The monoisotopic (exact) mass is 556 g/mol. The number of rotatable bonds is 4. The standard InChI is InChI=1S/C16H23NO7.C10H17NO4/c1-14(2,3)24-13(21)17-16(7-6-8-16)10(18)9-11(19)22-15(4,5)23-12(9)20;1-9(2,3)15-8(14)11-10(7(12)13)5-4-6-10/h18H,6-8H2,1-5H3,(H,17,21);4-6H2,1-3H3,(H,11,14)(H,12,13). The Morgan fingerprint density at radius 1 is 0.744 bits per heavy atom. The Bertz CT molecular complexity index is 1020. The zero-order chi connectivity index (χ0) is 30.0. The van der Waals surface area contributed by atoms with Crippen LogP contribution in [0.5, 0.6) is 0 Å². The molecule has 220 valence electrons. The molecule has 39 heavy (non-hydrogen) atoms. The molecule has 3 aliphatic rings. The van der Waals surface area contributed by atoms with Crippen LogP contribution in [0.15, 0.2) is 11.3 Å². The highest BCUT2D eigenvalue weighted by atomic mass is 16.7. The summed E-state index contributed by atoms with van der Waals surface area (Å²) in [5, 5.41) is 24.5. The fraction of sp³-hybridized carbons (Fsp3) is 0.731. The van der Waals surface area contributed by atoms with Crippen LogP contribution < -0.4 is 10.6 Å². The summed E-state index contributed by atoms with van der Waals surface area (Å²) in [7, 11) is 0. The highest BCUT2D eigenvalue weighted by molar-refractivity contribution is 6.16. The predicted octanol–water partition coefficient (Wildman–Crippen LogP) is 3.60. The number of carboxylic acids is 1. The van der Waals surface area contributed by atoms with Crippen molar-refractivity contribution in [3.05, 3.63) is 11.3 Å². The fourth-order valence-corrected chi connectivity index (χ4v) is 3.96. The summed E-state index contributed by atoms with van der Waals surface area (Å²) in [6.45, 7) is 13.1. The van der Waals surface area contributed by atoms with E-state index in [1.54, 1.807) is 41.5 Å². The third-order valence-electron chi connectivity index (χ3n) is 6.08. The molecule has 0 unspecified atom stereocenters. The van der Waals surface area contributed by atoms with Crippen molar-refractivity contribution in [2.45, 2.75) is 122 Å². The lowest BCUT2D eigenvalue weighted by atomic mass is 9.74. The molecule has 4 N–H and O–H groups in total. The lowest BCUT2D eigenvalue weighted by Gasteiger charge is -2.43. The smallest absolute Gasteiger partial charge is 0.408 e. The first-order chi connectivity index (χ1) is 17.6. The molecule has 1 aliphatic heterocycles. The van der Waals surface area contributed by atoms with Gasteiger partial charge in [-0.25, -0.2) is 24.0 Å². The van der Waals surface area contributed by atoms with Crippen LogP contribution in [0.25, 0.3) is 0 Å². The van der Waals surface area contributed by atoms with E-state index in [1.807, 2.05) is 0 Å². The number of carbonyl (C=O) groups excluding carboxylic acids is 4. The van der Waals surface area contributed by atoms with E-state index in [2.05, 4.69) is 10.6 Å². The number of esters is 2. The molecule has 0 spiro atoms. The zero-order valence-electron chi connectivity index (χ0n) is 23.8. The van der Waals surface area contributed by atoms with Crippen LogP contribution in [0, 0.1) is 0 Å². The normalized spacial score (nSPS) is 20.8. The predicted molar refractivity (Wildman–Crippen MR) is 135 cm³/mol. The van der Waals surface area contributed by atoms with Crippen molar-refractivity contribution in [3.63, 3.8) is 0 Å². The maximum absolute atomic E-state index is 12.1. The lowest BCUT2D eigenvalue weighted by molar-refractivity contribution is -0.223. The molecule has 3 fully saturated rings. The number of amides is 2. The first-order valence-corrected chi connectivity index (χ1v) is 12.8. The maximum atomic E-state index is 12.1. The minimum atomic E-state index is -1.40. The van der Waals surface area contributed by atoms with Crippen molar-refractivity contribution in [1.29, 1.82) is 0 Å². The van der Waals surface area contributed by atoms with Crippen molar-refractivity contribution in [2.75, 3.05) is 0 Å². The van der Waals surface area contributed by atoms with Crippen LogP contribution in [0.3, 0.4) is 0 Å². The fourth-order valence-electron chi connectivity index (χ4n) is 3.96. The summed E-state index contributed by atoms with van der Waals surface area (Å²) < 4.78 is 20.1. The average molecular weight is 557 g/mol. The zero-order valence-corrected chi connectivity index (χ0v) is 23.8. The molecule has 1 heterocycles. The van der Waals surface area contributed by atoms with E-state index in [9.17, 15) is 29.1 Å². The molecule has 2 saturated carbocycles. The highest BCUT2D eigenvalue weighted by Crippen LogP contribution is 2.40. The number of aliphatic carboxylic acids is 1. The molecule has 0 bridgehead atoms. The molecule has 0 atom stereocenters. The second-order valence-electron chi connectivity index (χ2n) is 12.3. The minimum Gasteiger partial charge on any atom is -0.509 e. The Morgan fingerprint density at radius 3 is 1.38 bits per heavy atom. The summed E-state index contributed by atoms with van der Waals surface area (Å²) in [4.78, 5) is 58.5. The maximum Gasteiger partial charge on any atom is 0.408 e. The number of carbonyl (C=O) groups is 5. The number of hydrogen-bond acceptors (Lipinski definition) is 10. The van der Waals surface area contributed by atoms with Crippen LogP contribution in [-0.2, 0) is 33.3 Å². The molecule has 13 heteroatoms. The van der Waals surface area contributed by atoms with Gasteiger partial charge in [-0.2, -0.15) is 0 Å². The summed E-state index contributed by atoms with van der Waals surface area (Å²) in [6.07, 6.45) is 1.81. The van der Waals surface area contributed by atoms with E-state index >= 15 is 0 Å². The Hall–Kier alpha value is -3.51. The largest absolute Gasteiger partial charge is 0.509 e. The van der Waals surface area contributed by atoms with Gasteiger partial charge in [0.25, 0.3) is 5.79 Å². The van der Waals surface area contributed by atoms with E-state index in [4.69, 9.17) is 24.1 Å². The van der Waals surface area contributed by atoms with E-state index in [0.29, 0.717) is 32.1 Å². The van der Waals surface area contributed by atoms with Gasteiger partial charge in [0.05, 0.1) is 0 Å². The first-order valence-electron chi connectivity index (χ1n) is 12.8. The Morgan fingerprint density at radius 2 is 1.10 bits per heavy atom. The van der Waals surface area contributed by atoms with Crippen molar-refractivity contribution in [3.8, 4) is 0 Å². The third-order valence-corrected chi connectivity index (χ3v) is 6.08. The van der Waals surface area contributed by atoms with Gasteiger partial charge in [0.2, 0.25) is 0 Å². The molecule has 1 saturated heterocycles. The van der Waals surface area contributed by atoms with Gasteiger partial charge in [-0.15, -0.1) is 0 Å². The first kappa shape index (κ1) is 31.7. The van der Waals surface area contributed by atoms with E-state index in [0.717, 1.165) is 6.42 Å². The number of aliphatic hydroxyl groups excluding tert-OH is 1. The quantitative estimate of drug-likeness (QED) is 0.130. The SMILES string of the molecule is CC(C)(C)OC(=O)NC1(C(=O)O)CCC1.CC(C)(C)OC(=O)NC1(C(O)=C2C(=O)OC(C)(C)OC2=O)CCC1. The summed E-state index contributed by atoms with van der Waals surface area (Å²) in [6, 6.07) is 0. The van der Waals surface area contributed by atoms with Crippen LogP contribution in [-0.4, -0.2) is 68.4 Å². The van der Waals surface area contributed by atoms with Crippen LogP contribution in [0.1, 0.15) is 93.9 Å². The number of hydrogen-bond donors (Lipinski definition) is 4. The van der Waals surface area contributed by atoms with Crippen molar-refractivity contribution in [1.82, 2.24) is 10.6 Å². The van der Waals surface area contributed by atoms with Crippen LogP contribution >= 0.6 is 0 Å². The second kappa shape index (κ2) is 10.9. The number of carboxylic acid groups (broad SMARTS) is 1. The molecular weight excluding hydrogens is 516 g/mol. The molecule has 3 rings (SSSR count). The van der Waals surface area contributed by atoms with Gasteiger partial charge >= 0.3 is 30.1 Å². The Balaban J connectivity index is 0.000000306. The van der Waals surface area contributed by atoms with Crippen molar-refractivity contribution in [2.24, 2.45) is 0 Å². The number of ether oxygens (including phenoxy) is 4. The van der Waals surface area contributed by atoms with Gasteiger partial charge in [0.1, 0.15) is 28.0 Å². The number of nitrogens with one attached hydrogen (secondary N) is 2. The van der Waals surface area contributed by atoms with E-state index in [-0.39, 0.29) is 0 Å².